The molecule has 84 heavy (non-hydrogen) atoms. The number of benzene rings is 2. The molecule has 5 rings (SSSR count). The van der Waals surface area contributed by atoms with Crippen LogP contribution in [0, 0.1) is 23.7 Å². The van der Waals surface area contributed by atoms with Crippen LogP contribution in [0.4, 0.5) is 4.79 Å². The number of fused-ring (bicyclic) bond motifs is 2. The molecule has 0 saturated carbocycles. The number of unbranched alkanes of at least 4 members (excludes halogenated alkanes) is 2. The minimum Gasteiger partial charge on any atom is -0.445 e. The summed E-state index contributed by atoms with van der Waals surface area (Å²) >= 11 is 0. The number of nitrogens with two attached hydrogens (primary N) is 1. The molecule has 22 heteroatoms. The lowest BCUT2D eigenvalue weighted by molar-refractivity contribution is -0.137. The van der Waals surface area contributed by atoms with Crippen LogP contribution in [0.25, 0.3) is 21.8 Å². The number of aromatic amines is 2. The van der Waals surface area contributed by atoms with E-state index in [0.717, 1.165) is 21.8 Å². The van der Waals surface area contributed by atoms with E-state index in [1.165, 1.54) is 6.08 Å². The Morgan fingerprint density at radius 1 is 0.488 bits per heavy atom. The second-order valence-corrected chi connectivity index (χ2v) is 23.7. The van der Waals surface area contributed by atoms with Crippen LogP contribution < -0.4 is 53.6 Å². The second-order valence-electron chi connectivity index (χ2n) is 23.7. The van der Waals surface area contributed by atoms with Gasteiger partial charge in [0.15, 0.2) is 0 Å². The molecular formula is C62H92N12O10. The summed E-state index contributed by atoms with van der Waals surface area (Å²) in [6.45, 7) is 19.0. The molecule has 1 aliphatic heterocycles. The van der Waals surface area contributed by atoms with Crippen LogP contribution >= 0.6 is 0 Å². The maximum absolute atomic E-state index is 14.9. The fourth-order valence-electron chi connectivity index (χ4n) is 10.3. The molecule has 4 aromatic rings. The van der Waals surface area contributed by atoms with E-state index in [1.54, 1.807) is 12.4 Å². The van der Waals surface area contributed by atoms with Crippen LogP contribution in [0.5, 0.6) is 0 Å². The second kappa shape index (κ2) is 33.5. The number of carbonyl (C=O) groups is 9. The molecule has 22 nitrogen and oxygen atoms in total. The van der Waals surface area contributed by atoms with Crippen molar-refractivity contribution in [2.24, 2.45) is 29.4 Å². The average molecular weight is 1170 g/mol. The van der Waals surface area contributed by atoms with Crippen molar-refractivity contribution in [2.75, 3.05) is 19.7 Å². The molecule has 8 atom stereocenters. The molecule has 1 aliphatic rings. The van der Waals surface area contributed by atoms with Crippen LogP contribution in [-0.4, -0.2) is 131 Å². The van der Waals surface area contributed by atoms with Gasteiger partial charge in [-0.05, 0) is 118 Å². The number of ether oxygens (including phenoxy) is 1. The van der Waals surface area contributed by atoms with Crippen LogP contribution in [-0.2, 0) is 55.9 Å². The smallest absolute Gasteiger partial charge is 0.407 e. The molecule has 3 heterocycles. The SMILES string of the molecule is C=CCOC(=O)NCCCC[C@@H]1NC(=O)[C@@H](CC(C)C)NC(=O)[C@H](Cc2c[nH]c3ccccc23)NC(=O)[C@@H](CC(C)C)NC(=O)[C@H](CCCCN)NC(=O)[C@@H](CC(C)C)NC(=O)[C@H](Cc2c[nH]c3ccccc23)NC(=O)[C@@H](CC(C)C)NC1=O. The highest BCUT2D eigenvalue weighted by Crippen LogP contribution is 2.22. The van der Waals surface area contributed by atoms with E-state index in [4.69, 9.17) is 10.5 Å². The summed E-state index contributed by atoms with van der Waals surface area (Å²) < 4.78 is 5.03. The Morgan fingerprint density at radius 2 is 0.810 bits per heavy atom. The molecule has 0 unspecified atom stereocenters. The summed E-state index contributed by atoms with van der Waals surface area (Å²) in [7, 11) is 0. The number of para-hydroxylation sites is 2. The number of hydrogen-bond acceptors (Lipinski definition) is 11. The molecule has 2 aromatic heterocycles. The van der Waals surface area contributed by atoms with Crippen molar-refractivity contribution in [2.45, 2.75) is 181 Å². The first-order chi connectivity index (χ1) is 40.1. The molecular weight excluding hydrogens is 1070 g/mol. The maximum atomic E-state index is 14.9. The average Bonchev–Trinajstić information content (AvgIpc) is 3.63. The maximum Gasteiger partial charge on any atom is 0.407 e. The van der Waals surface area contributed by atoms with Crippen molar-refractivity contribution in [3.63, 3.8) is 0 Å². The number of hydrogen-bond donors (Lipinski definition) is 12. The summed E-state index contributed by atoms with van der Waals surface area (Å²) in [6.07, 6.45) is 6.41. The number of carbonyl (C=O) groups excluding carboxylic acids is 9. The fourth-order valence-corrected chi connectivity index (χ4v) is 10.3. The number of amides is 9. The Hall–Kier alpha value is -7.75. The third-order valence-corrected chi connectivity index (χ3v) is 14.6. The zero-order valence-corrected chi connectivity index (χ0v) is 50.3. The quantitative estimate of drug-likeness (QED) is 0.0356. The Morgan fingerprint density at radius 3 is 1.17 bits per heavy atom. The summed E-state index contributed by atoms with van der Waals surface area (Å²) in [5, 5.41) is 27.4. The lowest BCUT2D eigenvalue weighted by Gasteiger charge is -2.30. The molecule has 0 aliphatic carbocycles. The van der Waals surface area contributed by atoms with Gasteiger partial charge in [-0.3, -0.25) is 38.4 Å². The largest absolute Gasteiger partial charge is 0.445 e. The van der Waals surface area contributed by atoms with Gasteiger partial charge in [0, 0.05) is 53.6 Å². The summed E-state index contributed by atoms with van der Waals surface area (Å²) in [5.41, 5.74) is 8.84. The van der Waals surface area contributed by atoms with E-state index in [-0.39, 0.29) is 88.2 Å². The van der Waals surface area contributed by atoms with Crippen molar-refractivity contribution in [3.8, 4) is 0 Å². The van der Waals surface area contributed by atoms with E-state index in [0.29, 0.717) is 43.4 Å². The molecule has 9 amide bonds. The molecule has 13 N–H and O–H groups in total. The third kappa shape index (κ3) is 21.1. The highest BCUT2D eigenvalue weighted by atomic mass is 16.5. The Bertz CT molecular complexity index is 2770. The highest BCUT2D eigenvalue weighted by Gasteiger charge is 2.37. The number of rotatable bonds is 23. The number of aromatic nitrogens is 2. The number of nitrogens with one attached hydrogen (secondary N) is 11. The van der Waals surface area contributed by atoms with Crippen molar-refractivity contribution < 1.29 is 47.9 Å². The topological polar surface area (TPSA) is 329 Å². The summed E-state index contributed by atoms with van der Waals surface area (Å²) in [5.74, 6) is -6.23. The Kier molecular flexibility index (Phi) is 26.8. The number of alkyl carbamates (subject to hydrolysis) is 1. The van der Waals surface area contributed by atoms with Crippen LogP contribution in [0.2, 0.25) is 0 Å². The van der Waals surface area contributed by atoms with Gasteiger partial charge in [0.25, 0.3) is 0 Å². The van der Waals surface area contributed by atoms with Gasteiger partial charge in [-0.1, -0.05) is 104 Å². The van der Waals surface area contributed by atoms with Crippen molar-refractivity contribution >= 4 is 75.2 Å². The van der Waals surface area contributed by atoms with Gasteiger partial charge in [-0.25, -0.2) is 4.79 Å². The summed E-state index contributed by atoms with van der Waals surface area (Å²) in [6, 6.07) is 4.90. The third-order valence-electron chi connectivity index (χ3n) is 14.6. The summed E-state index contributed by atoms with van der Waals surface area (Å²) in [4.78, 5) is 137. The van der Waals surface area contributed by atoms with Crippen LogP contribution in [0.1, 0.15) is 131 Å². The predicted molar refractivity (Wildman–Crippen MR) is 324 cm³/mol. The number of H-pyrrole nitrogens is 2. The van der Waals surface area contributed by atoms with Gasteiger partial charge in [-0.15, -0.1) is 0 Å². The molecule has 0 bridgehead atoms. The van der Waals surface area contributed by atoms with Crippen LogP contribution in [0.3, 0.4) is 0 Å². The lowest BCUT2D eigenvalue weighted by atomic mass is 9.98. The highest BCUT2D eigenvalue weighted by molar-refractivity contribution is 5.99. The monoisotopic (exact) mass is 1160 g/mol. The standard InChI is InChI=1S/C62H92N12O10/c1-10-27-84-62(83)64-26-18-16-24-47-55(76)70-51(31-39(8)9)59(80)74-52(32-40-34-65-44-21-13-11-19-42(40)44)60(81)71-48(28-36(2)3)56(77)67-46(23-15-17-25-63)54(75)69-50(30-38(6)7)58(79)73-53(33-41-35-66-45-22-14-12-20-43(41)45)61(82)72-49(29-37(4)5)57(78)68-47/h10-14,19-22,34-39,46-53,65-66H,1,15-18,23-33,63H2,2-9H3,(H,64,83)(H,67,77)(H,68,78)(H,69,75)(H,70,76)(H,71,81)(H,72,82)(H,73,79)(H,74,80)/t46-,47-,48+,49+,50+,51+,52-,53-/m0/s1. The van der Waals surface area contributed by atoms with Gasteiger partial charge in [0.2, 0.25) is 47.3 Å². The van der Waals surface area contributed by atoms with E-state index in [1.807, 2.05) is 104 Å². The van der Waals surface area contributed by atoms with E-state index in [2.05, 4.69) is 64.4 Å². The van der Waals surface area contributed by atoms with Crippen LogP contribution in [0.15, 0.2) is 73.6 Å². The lowest BCUT2D eigenvalue weighted by Crippen LogP contribution is -2.62. The van der Waals surface area contributed by atoms with Gasteiger partial charge in [-0.2, -0.15) is 0 Å². The molecule has 1 fully saturated rings. The zero-order valence-electron chi connectivity index (χ0n) is 50.3. The van der Waals surface area contributed by atoms with Crippen molar-refractivity contribution in [1.29, 1.82) is 0 Å². The first kappa shape index (κ1) is 67.0. The molecule has 2 aromatic carbocycles. The normalized spacial score (nSPS) is 22.2. The Balaban J connectivity index is 1.63. The first-order valence-electron chi connectivity index (χ1n) is 29.8. The van der Waals surface area contributed by atoms with Gasteiger partial charge >= 0.3 is 6.09 Å². The van der Waals surface area contributed by atoms with Crippen molar-refractivity contribution in [3.05, 3.63) is 84.7 Å². The molecule has 0 radical (unpaired) electrons. The zero-order chi connectivity index (χ0) is 61.5. The van der Waals surface area contributed by atoms with Crippen molar-refractivity contribution in [1.82, 2.24) is 57.8 Å². The fraction of sp³-hybridized carbons (Fsp3) is 0.565. The van der Waals surface area contributed by atoms with E-state index in [9.17, 15) is 43.2 Å². The molecule has 0 spiro atoms. The van der Waals surface area contributed by atoms with E-state index < -0.39 is 102 Å². The first-order valence-corrected chi connectivity index (χ1v) is 29.8. The van der Waals surface area contributed by atoms with E-state index >= 15 is 0 Å². The van der Waals surface area contributed by atoms with Gasteiger partial charge in [0.05, 0.1) is 0 Å². The van der Waals surface area contributed by atoms with Gasteiger partial charge in [0.1, 0.15) is 54.9 Å². The minimum absolute atomic E-state index is 0.00718. The molecule has 1 saturated heterocycles. The predicted octanol–water partition coefficient (Wildman–Crippen LogP) is 4.72. The van der Waals surface area contributed by atoms with Gasteiger partial charge < -0.3 is 68.3 Å². The minimum atomic E-state index is -1.31. The molecule has 460 valence electrons. The Labute approximate surface area is 493 Å².